The first-order valence-corrected chi connectivity index (χ1v) is 7.18. The molecule has 1 heterocycles. The minimum atomic E-state index is -0.447. The Morgan fingerprint density at radius 3 is 2.76 bits per heavy atom. The van der Waals surface area contributed by atoms with Crippen LogP contribution < -0.4 is 10.1 Å². The molecule has 0 saturated heterocycles. The molecule has 21 heavy (non-hydrogen) atoms. The highest BCUT2D eigenvalue weighted by molar-refractivity contribution is 7.12. The van der Waals surface area contributed by atoms with Crippen LogP contribution in [0, 0.1) is 5.82 Å². The van der Waals surface area contributed by atoms with E-state index in [0.717, 1.165) is 0 Å². The molecule has 0 fully saturated rings. The fourth-order valence-corrected chi connectivity index (χ4v) is 2.46. The van der Waals surface area contributed by atoms with Crippen LogP contribution in [0.25, 0.3) is 0 Å². The number of rotatable bonds is 6. The minimum Gasteiger partial charge on any atom is -0.494 e. The molecule has 0 radical (unpaired) electrons. The molecule has 0 aliphatic heterocycles. The molecule has 1 aromatic carbocycles. The van der Waals surface area contributed by atoms with Crippen molar-refractivity contribution >= 4 is 28.7 Å². The molecule has 1 aromatic heterocycles. The van der Waals surface area contributed by atoms with E-state index in [9.17, 15) is 14.0 Å². The fraction of sp³-hybridized carbons (Fsp3) is 0.200. The summed E-state index contributed by atoms with van der Waals surface area (Å²) in [6.07, 6.45) is 0.202. The van der Waals surface area contributed by atoms with Gasteiger partial charge in [-0.25, -0.2) is 4.39 Å². The molecular formula is C15H14FNO3S. The number of anilines is 1. The third-order valence-electron chi connectivity index (χ3n) is 2.81. The zero-order valence-corrected chi connectivity index (χ0v) is 12.2. The number of halogens is 1. The number of Topliss-reactive ketones (excluding diaryl/α,β-unsaturated/α-hetero) is 1. The Morgan fingerprint density at radius 1 is 1.29 bits per heavy atom. The van der Waals surface area contributed by atoms with E-state index >= 15 is 0 Å². The Balaban J connectivity index is 1.92. The Kier molecular flexibility index (Phi) is 5.05. The van der Waals surface area contributed by atoms with Gasteiger partial charge in [0.15, 0.2) is 5.78 Å². The lowest BCUT2D eigenvalue weighted by Gasteiger charge is -2.09. The zero-order chi connectivity index (χ0) is 15.2. The third-order valence-corrected chi connectivity index (χ3v) is 3.72. The van der Waals surface area contributed by atoms with Crippen LogP contribution in [-0.2, 0) is 4.79 Å². The third kappa shape index (κ3) is 4.13. The first-order valence-electron chi connectivity index (χ1n) is 6.30. The van der Waals surface area contributed by atoms with E-state index in [1.807, 2.05) is 5.38 Å². The van der Waals surface area contributed by atoms with Crippen LogP contribution in [0.4, 0.5) is 10.1 Å². The van der Waals surface area contributed by atoms with Gasteiger partial charge in [0.25, 0.3) is 0 Å². The molecule has 110 valence electrons. The quantitative estimate of drug-likeness (QED) is 0.831. The average molecular weight is 307 g/mol. The normalized spacial score (nSPS) is 10.2. The summed E-state index contributed by atoms with van der Waals surface area (Å²) in [4.78, 5) is 24.3. The predicted octanol–water partition coefficient (Wildman–Crippen LogP) is 3.50. The van der Waals surface area contributed by atoms with Crippen molar-refractivity contribution in [2.75, 3.05) is 12.4 Å². The Hall–Kier alpha value is -2.21. The molecule has 1 N–H and O–H groups in total. The van der Waals surface area contributed by atoms with E-state index in [1.165, 1.54) is 36.6 Å². The molecule has 0 unspecified atom stereocenters. The number of ketones is 1. The first-order chi connectivity index (χ1) is 10.1. The van der Waals surface area contributed by atoms with Crippen LogP contribution >= 0.6 is 11.3 Å². The second kappa shape index (κ2) is 6.99. The van der Waals surface area contributed by atoms with Gasteiger partial charge in [-0.15, -0.1) is 11.3 Å². The van der Waals surface area contributed by atoms with E-state index < -0.39 is 5.82 Å². The second-order valence-electron chi connectivity index (χ2n) is 4.29. The van der Waals surface area contributed by atoms with Crippen LogP contribution in [-0.4, -0.2) is 18.8 Å². The van der Waals surface area contributed by atoms with Gasteiger partial charge in [0.1, 0.15) is 11.6 Å². The van der Waals surface area contributed by atoms with Crippen LogP contribution in [0.15, 0.2) is 35.7 Å². The summed E-state index contributed by atoms with van der Waals surface area (Å²) in [6.45, 7) is 0. The second-order valence-corrected chi connectivity index (χ2v) is 5.24. The number of benzene rings is 1. The maximum absolute atomic E-state index is 13.0. The summed E-state index contributed by atoms with van der Waals surface area (Å²) in [7, 11) is 1.39. The SMILES string of the molecule is COc1cc(F)ccc1NC(=O)CCC(=O)c1cccs1. The van der Waals surface area contributed by atoms with Crippen molar-refractivity contribution < 1.29 is 18.7 Å². The van der Waals surface area contributed by atoms with Crippen molar-refractivity contribution in [2.45, 2.75) is 12.8 Å². The van der Waals surface area contributed by atoms with E-state index in [4.69, 9.17) is 4.74 Å². The maximum Gasteiger partial charge on any atom is 0.224 e. The molecule has 0 bridgehead atoms. The van der Waals surface area contributed by atoms with Gasteiger partial charge in [0.2, 0.25) is 5.91 Å². The molecule has 4 nitrogen and oxygen atoms in total. The lowest BCUT2D eigenvalue weighted by Crippen LogP contribution is -2.14. The van der Waals surface area contributed by atoms with Crippen molar-refractivity contribution in [3.8, 4) is 5.75 Å². The standard InChI is InChI=1S/C15H14FNO3S/c1-20-13-9-10(16)4-5-11(13)17-15(19)7-6-12(18)14-3-2-8-21-14/h2-5,8-9H,6-7H2,1H3,(H,17,19). The Morgan fingerprint density at radius 2 is 2.10 bits per heavy atom. The maximum atomic E-state index is 13.0. The average Bonchev–Trinajstić information content (AvgIpc) is 3.01. The van der Waals surface area contributed by atoms with Crippen molar-refractivity contribution in [2.24, 2.45) is 0 Å². The van der Waals surface area contributed by atoms with Gasteiger partial charge >= 0.3 is 0 Å². The lowest BCUT2D eigenvalue weighted by atomic mass is 10.2. The van der Waals surface area contributed by atoms with Crippen LogP contribution in [0.1, 0.15) is 22.5 Å². The number of carbonyl (C=O) groups excluding carboxylic acids is 2. The summed E-state index contributed by atoms with van der Waals surface area (Å²) in [5.41, 5.74) is 0.382. The van der Waals surface area contributed by atoms with Crippen LogP contribution in [0.2, 0.25) is 0 Å². The molecule has 2 aromatic rings. The number of amides is 1. The minimum absolute atomic E-state index is 0.0637. The summed E-state index contributed by atoms with van der Waals surface area (Å²) in [6, 6.07) is 7.36. The highest BCUT2D eigenvalue weighted by atomic mass is 32.1. The van der Waals surface area contributed by atoms with Gasteiger partial charge < -0.3 is 10.1 Å². The highest BCUT2D eigenvalue weighted by Crippen LogP contribution is 2.25. The van der Waals surface area contributed by atoms with Crippen LogP contribution in [0.3, 0.4) is 0 Å². The van der Waals surface area contributed by atoms with Crippen molar-refractivity contribution in [3.63, 3.8) is 0 Å². The summed E-state index contributed by atoms with van der Waals surface area (Å²) < 4.78 is 18.0. The van der Waals surface area contributed by atoms with E-state index in [1.54, 1.807) is 12.1 Å². The first kappa shape index (κ1) is 15.2. The van der Waals surface area contributed by atoms with Gasteiger partial charge in [-0.1, -0.05) is 6.07 Å². The number of ether oxygens (including phenoxy) is 1. The molecule has 0 aliphatic carbocycles. The van der Waals surface area contributed by atoms with Gasteiger partial charge in [-0.3, -0.25) is 9.59 Å². The van der Waals surface area contributed by atoms with Crippen LogP contribution in [0.5, 0.6) is 5.75 Å². The summed E-state index contributed by atoms with van der Waals surface area (Å²) in [5.74, 6) is -0.582. The zero-order valence-electron chi connectivity index (χ0n) is 11.4. The van der Waals surface area contributed by atoms with E-state index in [2.05, 4.69) is 5.32 Å². The number of thiophene rings is 1. The number of nitrogens with one attached hydrogen (secondary N) is 1. The van der Waals surface area contributed by atoms with Gasteiger partial charge in [0.05, 0.1) is 17.7 Å². The summed E-state index contributed by atoms with van der Waals surface area (Å²) >= 11 is 1.35. The number of hydrogen-bond donors (Lipinski definition) is 1. The fourth-order valence-electron chi connectivity index (χ4n) is 1.77. The molecular weight excluding hydrogens is 293 g/mol. The molecule has 0 aliphatic rings. The molecule has 1 amide bonds. The molecule has 0 spiro atoms. The molecule has 6 heteroatoms. The van der Waals surface area contributed by atoms with Gasteiger partial charge in [0, 0.05) is 18.9 Å². The number of hydrogen-bond acceptors (Lipinski definition) is 4. The molecule has 2 rings (SSSR count). The number of carbonyl (C=O) groups is 2. The number of methoxy groups -OCH3 is 1. The van der Waals surface area contributed by atoms with Gasteiger partial charge in [-0.05, 0) is 23.6 Å². The topological polar surface area (TPSA) is 55.4 Å². The van der Waals surface area contributed by atoms with E-state index in [-0.39, 0.29) is 30.3 Å². The summed E-state index contributed by atoms with van der Waals surface area (Å²) in [5, 5.41) is 4.43. The van der Waals surface area contributed by atoms with Gasteiger partial charge in [-0.2, -0.15) is 0 Å². The Labute approximate surface area is 125 Å². The van der Waals surface area contributed by atoms with Crippen molar-refractivity contribution in [3.05, 3.63) is 46.4 Å². The monoisotopic (exact) mass is 307 g/mol. The lowest BCUT2D eigenvalue weighted by molar-refractivity contribution is -0.116. The highest BCUT2D eigenvalue weighted by Gasteiger charge is 2.12. The Bertz CT molecular complexity index is 640. The van der Waals surface area contributed by atoms with Crippen molar-refractivity contribution in [1.29, 1.82) is 0 Å². The predicted molar refractivity (Wildman–Crippen MR) is 79.5 cm³/mol. The van der Waals surface area contributed by atoms with Crippen molar-refractivity contribution in [1.82, 2.24) is 0 Å². The largest absolute Gasteiger partial charge is 0.494 e. The molecule has 0 atom stereocenters. The smallest absolute Gasteiger partial charge is 0.224 e. The molecule has 0 saturated carbocycles. The van der Waals surface area contributed by atoms with E-state index in [0.29, 0.717) is 10.6 Å².